The van der Waals surface area contributed by atoms with E-state index in [4.69, 9.17) is 0 Å². The summed E-state index contributed by atoms with van der Waals surface area (Å²) in [5.41, 5.74) is 3.80. The molecule has 1 aliphatic carbocycles. The lowest BCUT2D eigenvalue weighted by molar-refractivity contribution is -0.104. The number of aldehydes is 1. The van der Waals surface area contributed by atoms with E-state index in [1.54, 1.807) is 0 Å². The highest BCUT2D eigenvalue weighted by molar-refractivity contribution is 5.73. The van der Waals surface area contributed by atoms with Crippen LogP contribution < -0.4 is 0 Å². The Hall–Kier alpha value is -0.850. The molecule has 1 atom stereocenters. The monoisotopic (exact) mass is 192 g/mol. The molecular formula is C13H20O. The minimum absolute atomic E-state index is 0.217. The lowest BCUT2D eigenvalue weighted by Crippen LogP contribution is -2.22. The van der Waals surface area contributed by atoms with Gasteiger partial charge >= 0.3 is 0 Å². The molecule has 0 aromatic heterocycles. The molecule has 1 heteroatoms. The summed E-state index contributed by atoms with van der Waals surface area (Å²) < 4.78 is 0. The van der Waals surface area contributed by atoms with Crippen LogP contribution in [-0.4, -0.2) is 6.29 Å². The van der Waals surface area contributed by atoms with Gasteiger partial charge in [0.15, 0.2) is 0 Å². The molecule has 1 aliphatic rings. The lowest BCUT2D eigenvalue weighted by atomic mass is 9.73. The topological polar surface area (TPSA) is 17.1 Å². The summed E-state index contributed by atoms with van der Waals surface area (Å²) in [6.45, 7) is 10.7. The number of hydrogen-bond donors (Lipinski definition) is 0. The second-order valence-electron chi connectivity index (χ2n) is 4.88. The van der Waals surface area contributed by atoms with Crippen molar-refractivity contribution in [3.8, 4) is 0 Å². The Labute approximate surface area is 86.9 Å². The SMILES string of the molecule is CC1=CCC(C(C)=C(C)C=O)C1(C)C. The molecule has 0 spiro atoms. The van der Waals surface area contributed by atoms with Gasteiger partial charge in [0.1, 0.15) is 6.29 Å². The summed E-state index contributed by atoms with van der Waals surface area (Å²) in [7, 11) is 0. The smallest absolute Gasteiger partial charge is 0.145 e. The molecule has 1 unspecified atom stereocenters. The van der Waals surface area contributed by atoms with Crippen LogP contribution >= 0.6 is 0 Å². The van der Waals surface area contributed by atoms with E-state index in [1.807, 2.05) is 6.92 Å². The summed E-state index contributed by atoms with van der Waals surface area (Å²) >= 11 is 0. The van der Waals surface area contributed by atoms with Crippen molar-refractivity contribution < 1.29 is 4.79 Å². The molecule has 0 saturated heterocycles. The molecule has 1 nitrogen and oxygen atoms in total. The molecule has 0 aliphatic heterocycles. The maximum atomic E-state index is 10.7. The molecule has 0 radical (unpaired) electrons. The fraction of sp³-hybridized carbons (Fsp3) is 0.615. The van der Waals surface area contributed by atoms with E-state index >= 15 is 0 Å². The lowest BCUT2D eigenvalue weighted by Gasteiger charge is -2.31. The van der Waals surface area contributed by atoms with Crippen molar-refractivity contribution in [2.75, 3.05) is 0 Å². The van der Waals surface area contributed by atoms with Crippen LogP contribution in [0.15, 0.2) is 22.8 Å². The first kappa shape index (κ1) is 11.2. The molecule has 14 heavy (non-hydrogen) atoms. The zero-order valence-electron chi connectivity index (χ0n) is 9.85. The van der Waals surface area contributed by atoms with Gasteiger partial charge in [0, 0.05) is 0 Å². The van der Waals surface area contributed by atoms with Crippen LogP contribution in [0.25, 0.3) is 0 Å². The fourth-order valence-corrected chi connectivity index (χ4v) is 2.21. The number of rotatable bonds is 2. The van der Waals surface area contributed by atoms with E-state index in [2.05, 4.69) is 33.8 Å². The van der Waals surface area contributed by atoms with Crippen molar-refractivity contribution in [3.63, 3.8) is 0 Å². The second kappa shape index (κ2) is 3.72. The summed E-state index contributed by atoms with van der Waals surface area (Å²) in [5.74, 6) is 0.507. The minimum Gasteiger partial charge on any atom is -0.298 e. The average Bonchev–Trinajstić information content (AvgIpc) is 2.40. The second-order valence-corrected chi connectivity index (χ2v) is 4.88. The van der Waals surface area contributed by atoms with Gasteiger partial charge in [-0.3, -0.25) is 4.79 Å². The van der Waals surface area contributed by atoms with Crippen LogP contribution in [0.1, 0.15) is 41.0 Å². The van der Waals surface area contributed by atoms with Gasteiger partial charge in [-0.05, 0) is 44.1 Å². The van der Waals surface area contributed by atoms with Gasteiger partial charge in [0.05, 0.1) is 0 Å². The van der Waals surface area contributed by atoms with E-state index in [0.717, 1.165) is 18.3 Å². The maximum absolute atomic E-state index is 10.7. The Morgan fingerprint density at radius 1 is 1.50 bits per heavy atom. The number of allylic oxidation sites excluding steroid dienone is 4. The molecule has 1 rings (SSSR count). The highest BCUT2D eigenvalue weighted by Crippen LogP contribution is 2.46. The molecule has 0 amide bonds. The van der Waals surface area contributed by atoms with Crippen molar-refractivity contribution in [2.24, 2.45) is 11.3 Å². The molecule has 78 valence electrons. The van der Waals surface area contributed by atoms with Crippen molar-refractivity contribution in [2.45, 2.75) is 41.0 Å². The largest absolute Gasteiger partial charge is 0.298 e. The maximum Gasteiger partial charge on any atom is 0.145 e. The zero-order valence-corrected chi connectivity index (χ0v) is 9.85. The number of hydrogen-bond acceptors (Lipinski definition) is 1. The van der Waals surface area contributed by atoms with Gasteiger partial charge in [0.2, 0.25) is 0 Å². The summed E-state index contributed by atoms with van der Waals surface area (Å²) in [6.07, 6.45) is 4.35. The van der Waals surface area contributed by atoms with E-state index < -0.39 is 0 Å². The third-order valence-corrected chi connectivity index (χ3v) is 3.87. The molecule has 0 N–H and O–H groups in total. The van der Waals surface area contributed by atoms with Crippen LogP contribution in [0.3, 0.4) is 0 Å². The van der Waals surface area contributed by atoms with E-state index in [1.165, 1.54) is 11.1 Å². The van der Waals surface area contributed by atoms with E-state index in [9.17, 15) is 4.79 Å². The van der Waals surface area contributed by atoms with E-state index in [0.29, 0.717) is 5.92 Å². The molecule has 0 saturated carbocycles. The van der Waals surface area contributed by atoms with Crippen LogP contribution in [0.2, 0.25) is 0 Å². The average molecular weight is 192 g/mol. The van der Waals surface area contributed by atoms with Gasteiger partial charge in [0.25, 0.3) is 0 Å². The minimum atomic E-state index is 0.217. The Balaban J connectivity index is 3.00. The van der Waals surface area contributed by atoms with Crippen molar-refractivity contribution in [1.82, 2.24) is 0 Å². The van der Waals surface area contributed by atoms with Gasteiger partial charge in [-0.25, -0.2) is 0 Å². The predicted octanol–water partition coefficient (Wildman–Crippen LogP) is 3.51. The van der Waals surface area contributed by atoms with Crippen LogP contribution in [0, 0.1) is 11.3 Å². The summed E-state index contributed by atoms with van der Waals surface area (Å²) in [6, 6.07) is 0. The Kier molecular flexibility index (Phi) is 2.98. The first-order valence-corrected chi connectivity index (χ1v) is 5.21. The van der Waals surface area contributed by atoms with Crippen LogP contribution in [0.4, 0.5) is 0 Å². The Bertz CT molecular complexity index is 305. The Morgan fingerprint density at radius 3 is 2.43 bits per heavy atom. The first-order valence-electron chi connectivity index (χ1n) is 5.21. The highest BCUT2D eigenvalue weighted by atomic mass is 16.1. The normalized spacial score (nSPS) is 26.9. The molecule has 0 heterocycles. The third-order valence-electron chi connectivity index (χ3n) is 3.87. The van der Waals surface area contributed by atoms with Crippen molar-refractivity contribution >= 4 is 6.29 Å². The quantitative estimate of drug-likeness (QED) is 0.372. The van der Waals surface area contributed by atoms with Crippen LogP contribution in [0.5, 0.6) is 0 Å². The molecule has 0 fully saturated rings. The first-order chi connectivity index (χ1) is 6.41. The van der Waals surface area contributed by atoms with E-state index in [-0.39, 0.29) is 5.41 Å². The highest BCUT2D eigenvalue weighted by Gasteiger charge is 2.36. The summed E-state index contributed by atoms with van der Waals surface area (Å²) in [4.78, 5) is 10.7. The summed E-state index contributed by atoms with van der Waals surface area (Å²) in [5, 5.41) is 0. The number of carbonyl (C=O) groups is 1. The molecular weight excluding hydrogens is 172 g/mol. The predicted molar refractivity (Wildman–Crippen MR) is 60.1 cm³/mol. The van der Waals surface area contributed by atoms with Crippen molar-refractivity contribution in [3.05, 3.63) is 22.8 Å². The molecule has 0 aromatic carbocycles. The van der Waals surface area contributed by atoms with Gasteiger partial charge in [-0.2, -0.15) is 0 Å². The van der Waals surface area contributed by atoms with Gasteiger partial charge < -0.3 is 0 Å². The molecule has 0 aromatic rings. The third kappa shape index (κ3) is 1.68. The number of carbonyl (C=O) groups excluding carboxylic acids is 1. The Morgan fingerprint density at radius 2 is 2.07 bits per heavy atom. The van der Waals surface area contributed by atoms with Gasteiger partial charge in [-0.15, -0.1) is 0 Å². The molecule has 0 bridgehead atoms. The van der Waals surface area contributed by atoms with Gasteiger partial charge in [-0.1, -0.05) is 31.1 Å². The fourth-order valence-electron chi connectivity index (χ4n) is 2.21. The standard InChI is InChI=1S/C13H20O/c1-9(8-14)11(3)12-7-6-10(2)13(12,4)5/h6,8,12H,7H2,1-5H3. The zero-order chi connectivity index (χ0) is 10.9. The van der Waals surface area contributed by atoms with Crippen LogP contribution in [-0.2, 0) is 4.79 Å². The van der Waals surface area contributed by atoms with Crippen molar-refractivity contribution in [1.29, 1.82) is 0 Å².